The number of nitrogens with one attached hydrogen (secondary N) is 2. The SMILES string of the molecule is CNC.c1cc2c3n(nc2[nH]1)CCOC3. The van der Waals surface area contributed by atoms with Crippen molar-refractivity contribution in [2.45, 2.75) is 13.2 Å². The molecule has 3 heterocycles. The van der Waals surface area contributed by atoms with Crippen molar-refractivity contribution in [2.24, 2.45) is 0 Å². The maximum Gasteiger partial charge on any atom is 0.159 e. The van der Waals surface area contributed by atoms with E-state index in [0.29, 0.717) is 6.61 Å². The summed E-state index contributed by atoms with van der Waals surface area (Å²) in [5, 5.41) is 8.33. The van der Waals surface area contributed by atoms with Crippen LogP contribution in [0.5, 0.6) is 0 Å². The van der Waals surface area contributed by atoms with Crippen molar-refractivity contribution in [1.82, 2.24) is 20.1 Å². The van der Waals surface area contributed by atoms with Gasteiger partial charge in [0.25, 0.3) is 0 Å². The Labute approximate surface area is 88.4 Å². The lowest BCUT2D eigenvalue weighted by Crippen LogP contribution is -2.17. The molecular formula is C10H16N4O. The van der Waals surface area contributed by atoms with Crippen molar-refractivity contribution in [1.29, 1.82) is 0 Å². The topological polar surface area (TPSA) is 54.9 Å². The Bertz CT molecular complexity index is 431. The van der Waals surface area contributed by atoms with E-state index < -0.39 is 0 Å². The Kier molecular flexibility index (Phi) is 3.03. The van der Waals surface area contributed by atoms with Gasteiger partial charge in [0.1, 0.15) is 0 Å². The van der Waals surface area contributed by atoms with E-state index in [0.717, 1.165) is 18.8 Å². The molecule has 0 radical (unpaired) electrons. The molecule has 5 nitrogen and oxygen atoms in total. The predicted octanol–water partition coefficient (Wildman–Crippen LogP) is 0.730. The number of hydrogen-bond acceptors (Lipinski definition) is 3. The van der Waals surface area contributed by atoms with Crippen LogP contribution in [0.15, 0.2) is 12.3 Å². The first-order valence-electron chi connectivity index (χ1n) is 5.06. The molecule has 0 spiro atoms. The number of ether oxygens (including phenoxy) is 1. The third-order valence-electron chi connectivity index (χ3n) is 2.25. The summed E-state index contributed by atoms with van der Waals surface area (Å²) in [5.41, 5.74) is 2.16. The molecule has 5 heteroatoms. The molecule has 2 aromatic rings. The molecule has 0 bridgehead atoms. The quantitative estimate of drug-likeness (QED) is 0.671. The number of hydrogen-bond donors (Lipinski definition) is 2. The molecule has 0 fully saturated rings. The number of H-pyrrole nitrogens is 1. The summed E-state index contributed by atoms with van der Waals surface area (Å²) in [6, 6.07) is 2.04. The van der Waals surface area contributed by atoms with Gasteiger partial charge in [-0.05, 0) is 20.2 Å². The van der Waals surface area contributed by atoms with Gasteiger partial charge in [-0.3, -0.25) is 4.68 Å². The van der Waals surface area contributed by atoms with Gasteiger partial charge >= 0.3 is 0 Å². The summed E-state index contributed by atoms with van der Waals surface area (Å²) in [5.74, 6) is 0. The summed E-state index contributed by atoms with van der Waals surface area (Å²) in [6.07, 6.45) is 1.91. The Morgan fingerprint density at radius 2 is 2.33 bits per heavy atom. The first-order chi connectivity index (χ1) is 7.36. The van der Waals surface area contributed by atoms with E-state index in [1.54, 1.807) is 0 Å². The van der Waals surface area contributed by atoms with Crippen LogP contribution in [-0.2, 0) is 17.9 Å². The maximum atomic E-state index is 5.36. The van der Waals surface area contributed by atoms with Crippen LogP contribution in [0.3, 0.4) is 0 Å². The van der Waals surface area contributed by atoms with Crippen LogP contribution in [0.1, 0.15) is 5.69 Å². The lowest BCUT2D eigenvalue weighted by Gasteiger charge is -2.13. The second-order valence-electron chi connectivity index (χ2n) is 3.46. The molecule has 1 aliphatic heterocycles. The van der Waals surface area contributed by atoms with E-state index in [1.165, 1.54) is 11.1 Å². The summed E-state index contributed by atoms with van der Waals surface area (Å²) < 4.78 is 7.38. The smallest absolute Gasteiger partial charge is 0.159 e. The van der Waals surface area contributed by atoms with Gasteiger partial charge < -0.3 is 15.0 Å². The van der Waals surface area contributed by atoms with Gasteiger partial charge in [0.2, 0.25) is 0 Å². The van der Waals surface area contributed by atoms with Crippen molar-refractivity contribution in [3.05, 3.63) is 18.0 Å². The highest BCUT2D eigenvalue weighted by atomic mass is 16.5. The summed E-state index contributed by atoms with van der Waals surface area (Å²) in [7, 11) is 3.75. The molecular weight excluding hydrogens is 192 g/mol. The number of fused-ring (bicyclic) bond motifs is 3. The molecule has 3 rings (SSSR count). The zero-order valence-electron chi connectivity index (χ0n) is 9.08. The van der Waals surface area contributed by atoms with Crippen molar-refractivity contribution >= 4 is 11.0 Å². The second kappa shape index (κ2) is 4.46. The van der Waals surface area contributed by atoms with E-state index in [9.17, 15) is 0 Å². The van der Waals surface area contributed by atoms with Gasteiger partial charge in [0.05, 0.1) is 25.5 Å². The Balaban J connectivity index is 0.000000258. The van der Waals surface area contributed by atoms with Gasteiger partial charge in [-0.25, -0.2) is 0 Å². The van der Waals surface area contributed by atoms with Crippen molar-refractivity contribution in [3.8, 4) is 0 Å². The molecule has 0 unspecified atom stereocenters. The van der Waals surface area contributed by atoms with Crippen LogP contribution in [0.2, 0.25) is 0 Å². The average molecular weight is 208 g/mol. The van der Waals surface area contributed by atoms with Crippen LogP contribution >= 0.6 is 0 Å². The molecule has 2 N–H and O–H groups in total. The fourth-order valence-electron chi connectivity index (χ4n) is 1.65. The zero-order valence-corrected chi connectivity index (χ0v) is 9.08. The molecule has 0 atom stereocenters. The minimum absolute atomic E-state index is 0.689. The molecule has 1 aliphatic rings. The van der Waals surface area contributed by atoms with Gasteiger partial charge in [-0.2, -0.15) is 5.10 Å². The highest BCUT2D eigenvalue weighted by molar-refractivity contribution is 5.78. The van der Waals surface area contributed by atoms with E-state index in [1.807, 2.05) is 31.0 Å². The summed E-state index contributed by atoms with van der Waals surface area (Å²) in [4.78, 5) is 3.09. The predicted molar refractivity (Wildman–Crippen MR) is 58.7 cm³/mol. The molecule has 82 valence electrons. The third-order valence-corrected chi connectivity index (χ3v) is 2.25. The molecule has 15 heavy (non-hydrogen) atoms. The highest BCUT2D eigenvalue weighted by Crippen LogP contribution is 2.19. The Morgan fingerprint density at radius 3 is 3.13 bits per heavy atom. The molecule has 0 aliphatic carbocycles. The number of aromatic amines is 1. The summed E-state index contributed by atoms with van der Waals surface area (Å²) >= 11 is 0. The number of rotatable bonds is 0. The monoisotopic (exact) mass is 208 g/mol. The van der Waals surface area contributed by atoms with Crippen LogP contribution in [-0.4, -0.2) is 35.5 Å². The molecule has 2 aromatic heterocycles. The zero-order chi connectivity index (χ0) is 10.7. The number of nitrogens with zero attached hydrogens (tertiary/aromatic N) is 2. The Morgan fingerprint density at radius 1 is 1.53 bits per heavy atom. The first kappa shape index (κ1) is 10.2. The van der Waals surface area contributed by atoms with E-state index in [-0.39, 0.29) is 0 Å². The van der Waals surface area contributed by atoms with Crippen molar-refractivity contribution in [3.63, 3.8) is 0 Å². The third kappa shape index (κ3) is 1.88. The largest absolute Gasteiger partial charge is 0.373 e. The molecule has 0 amide bonds. The van der Waals surface area contributed by atoms with Crippen LogP contribution in [0.25, 0.3) is 11.0 Å². The Hall–Kier alpha value is -1.33. The van der Waals surface area contributed by atoms with Gasteiger partial charge in [-0.15, -0.1) is 0 Å². The van der Waals surface area contributed by atoms with E-state index in [2.05, 4.69) is 15.4 Å². The second-order valence-corrected chi connectivity index (χ2v) is 3.46. The van der Waals surface area contributed by atoms with Crippen LogP contribution in [0, 0.1) is 0 Å². The lowest BCUT2D eigenvalue weighted by atomic mass is 10.3. The van der Waals surface area contributed by atoms with Gasteiger partial charge in [0, 0.05) is 11.6 Å². The van der Waals surface area contributed by atoms with Crippen molar-refractivity contribution in [2.75, 3.05) is 20.7 Å². The fourth-order valence-corrected chi connectivity index (χ4v) is 1.65. The van der Waals surface area contributed by atoms with Gasteiger partial charge in [0.15, 0.2) is 5.65 Å². The minimum Gasteiger partial charge on any atom is -0.373 e. The fraction of sp³-hybridized carbons (Fsp3) is 0.500. The van der Waals surface area contributed by atoms with Crippen LogP contribution < -0.4 is 5.32 Å². The normalized spacial score (nSPS) is 14.5. The maximum absolute atomic E-state index is 5.36. The molecule has 0 aromatic carbocycles. The first-order valence-corrected chi connectivity index (χ1v) is 5.06. The van der Waals surface area contributed by atoms with E-state index in [4.69, 9.17) is 4.74 Å². The number of aromatic nitrogens is 3. The lowest BCUT2D eigenvalue weighted by molar-refractivity contribution is 0.0811. The average Bonchev–Trinajstić information content (AvgIpc) is 2.78. The molecule has 0 saturated heterocycles. The standard InChI is InChI=1S/C8H9N3O.C2H7N/c1-2-9-8-6(1)7-5-12-4-3-11(7)10-8;1-3-2/h1-2H,3-5H2,(H,9,10);3H,1-2H3. The van der Waals surface area contributed by atoms with Gasteiger partial charge in [-0.1, -0.05) is 0 Å². The van der Waals surface area contributed by atoms with Crippen molar-refractivity contribution < 1.29 is 4.74 Å². The van der Waals surface area contributed by atoms with Crippen LogP contribution in [0.4, 0.5) is 0 Å². The van der Waals surface area contributed by atoms with E-state index >= 15 is 0 Å². The highest BCUT2D eigenvalue weighted by Gasteiger charge is 2.14. The summed E-state index contributed by atoms with van der Waals surface area (Å²) in [6.45, 7) is 2.34. The molecule has 0 saturated carbocycles. The minimum atomic E-state index is 0.689.